The van der Waals surface area contributed by atoms with Crippen LogP contribution in [0, 0.1) is 5.92 Å². The summed E-state index contributed by atoms with van der Waals surface area (Å²) in [7, 11) is 0. The van der Waals surface area contributed by atoms with Crippen molar-refractivity contribution in [3.8, 4) is 5.88 Å². The molecular formula is C15H25N3O. The van der Waals surface area contributed by atoms with E-state index >= 15 is 0 Å². The van der Waals surface area contributed by atoms with Crippen LogP contribution in [0.2, 0.25) is 0 Å². The van der Waals surface area contributed by atoms with Gasteiger partial charge in [-0.3, -0.25) is 0 Å². The van der Waals surface area contributed by atoms with Gasteiger partial charge in [0.2, 0.25) is 11.8 Å². The molecule has 1 aromatic rings. The summed E-state index contributed by atoms with van der Waals surface area (Å²) in [5.41, 5.74) is 0. The molecule has 1 N–H and O–H groups in total. The molecule has 1 aromatic heterocycles. The van der Waals surface area contributed by atoms with Crippen molar-refractivity contribution in [2.45, 2.75) is 58.4 Å². The highest BCUT2D eigenvalue weighted by molar-refractivity contribution is 5.29. The number of anilines is 1. The minimum absolute atomic E-state index is 0.483. The number of rotatable bonds is 6. The average Bonchev–Trinajstić information content (AvgIpc) is 2.46. The van der Waals surface area contributed by atoms with E-state index in [4.69, 9.17) is 4.74 Å². The molecule has 19 heavy (non-hydrogen) atoms. The van der Waals surface area contributed by atoms with Crippen LogP contribution in [-0.4, -0.2) is 22.6 Å². The lowest BCUT2D eigenvalue weighted by molar-refractivity contribution is 0.310. The first-order valence-electron chi connectivity index (χ1n) is 7.55. The van der Waals surface area contributed by atoms with Crippen LogP contribution in [0.3, 0.4) is 0 Å². The van der Waals surface area contributed by atoms with Crippen molar-refractivity contribution >= 4 is 5.95 Å². The second-order valence-corrected chi connectivity index (χ2v) is 5.21. The maximum absolute atomic E-state index is 5.42. The topological polar surface area (TPSA) is 47.0 Å². The molecule has 1 atom stereocenters. The monoisotopic (exact) mass is 263 g/mol. The fraction of sp³-hybridized carbons (Fsp3) is 0.733. The molecule has 0 radical (unpaired) electrons. The highest BCUT2D eigenvalue weighted by Crippen LogP contribution is 2.29. The molecule has 0 aliphatic heterocycles. The van der Waals surface area contributed by atoms with E-state index in [-0.39, 0.29) is 0 Å². The molecule has 0 aromatic carbocycles. The molecule has 4 nitrogen and oxygen atoms in total. The molecule has 1 unspecified atom stereocenters. The van der Waals surface area contributed by atoms with Crippen molar-refractivity contribution in [2.75, 3.05) is 11.9 Å². The molecule has 0 saturated heterocycles. The summed E-state index contributed by atoms with van der Waals surface area (Å²) in [4.78, 5) is 8.70. The Morgan fingerprint density at radius 2 is 2.11 bits per heavy atom. The van der Waals surface area contributed by atoms with Crippen LogP contribution in [0.5, 0.6) is 5.88 Å². The van der Waals surface area contributed by atoms with Gasteiger partial charge in [0.15, 0.2) is 0 Å². The molecule has 4 heteroatoms. The lowest BCUT2D eigenvalue weighted by atomic mass is 9.83. The Labute approximate surface area is 116 Å². The van der Waals surface area contributed by atoms with E-state index in [1.54, 1.807) is 12.3 Å². The number of nitrogens with zero attached hydrogens (tertiary/aromatic N) is 2. The van der Waals surface area contributed by atoms with E-state index in [1.165, 1.54) is 32.1 Å². The summed E-state index contributed by atoms with van der Waals surface area (Å²) >= 11 is 0. The molecule has 1 saturated carbocycles. The standard InChI is InChI=1S/C15H25N3O/c1-3-13(12-8-6-5-7-9-12)17-15-16-11-10-14(18-15)19-4-2/h10-13H,3-9H2,1-2H3,(H,16,17,18). The molecule has 0 spiro atoms. The van der Waals surface area contributed by atoms with E-state index in [1.807, 2.05) is 6.92 Å². The molecule has 0 amide bonds. The fourth-order valence-electron chi connectivity index (χ4n) is 2.90. The van der Waals surface area contributed by atoms with Gasteiger partial charge >= 0.3 is 0 Å². The fourth-order valence-corrected chi connectivity index (χ4v) is 2.90. The van der Waals surface area contributed by atoms with E-state index in [9.17, 15) is 0 Å². The zero-order chi connectivity index (χ0) is 13.5. The molecule has 2 rings (SSSR count). The average molecular weight is 263 g/mol. The molecule has 1 aliphatic carbocycles. The minimum atomic E-state index is 0.483. The van der Waals surface area contributed by atoms with Gasteiger partial charge in [-0.05, 0) is 32.1 Å². The second-order valence-electron chi connectivity index (χ2n) is 5.21. The van der Waals surface area contributed by atoms with Crippen LogP contribution in [0.4, 0.5) is 5.95 Å². The SMILES string of the molecule is CCOc1ccnc(NC(CC)C2CCCCC2)n1. The highest BCUT2D eigenvalue weighted by Gasteiger charge is 2.22. The summed E-state index contributed by atoms with van der Waals surface area (Å²) in [6, 6.07) is 2.29. The van der Waals surface area contributed by atoms with Gasteiger partial charge in [-0.25, -0.2) is 4.98 Å². The Morgan fingerprint density at radius 1 is 1.32 bits per heavy atom. The van der Waals surface area contributed by atoms with Gasteiger partial charge in [-0.15, -0.1) is 0 Å². The molecule has 1 aliphatic rings. The van der Waals surface area contributed by atoms with E-state index in [0.717, 1.165) is 12.3 Å². The van der Waals surface area contributed by atoms with Gasteiger partial charge in [0.1, 0.15) is 0 Å². The van der Waals surface area contributed by atoms with Crippen LogP contribution in [0.1, 0.15) is 52.4 Å². The smallest absolute Gasteiger partial charge is 0.226 e. The van der Waals surface area contributed by atoms with Crippen LogP contribution < -0.4 is 10.1 Å². The third-order valence-corrected chi connectivity index (χ3v) is 3.90. The van der Waals surface area contributed by atoms with Gasteiger partial charge in [-0.1, -0.05) is 26.2 Å². The molecule has 106 valence electrons. The van der Waals surface area contributed by atoms with Gasteiger partial charge < -0.3 is 10.1 Å². The van der Waals surface area contributed by atoms with Crippen molar-refractivity contribution in [3.05, 3.63) is 12.3 Å². The van der Waals surface area contributed by atoms with Crippen molar-refractivity contribution in [1.82, 2.24) is 9.97 Å². The first-order valence-corrected chi connectivity index (χ1v) is 7.55. The molecular weight excluding hydrogens is 238 g/mol. The predicted molar refractivity (Wildman–Crippen MR) is 77.5 cm³/mol. The number of aromatic nitrogens is 2. The van der Waals surface area contributed by atoms with Crippen LogP contribution >= 0.6 is 0 Å². The Morgan fingerprint density at radius 3 is 2.79 bits per heavy atom. The third-order valence-electron chi connectivity index (χ3n) is 3.90. The van der Waals surface area contributed by atoms with E-state index < -0.39 is 0 Å². The van der Waals surface area contributed by atoms with Crippen molar-refractivity contribution < 1.29 is 4.74 Å². The zero-order valence-electron chi connectivity index (χ0n) is 12.1. The lowest BCUT2D eigenvalue weighted by Crippen LogP contribution is -2.30. The van der Waals surface area contributed by atoms with Crippen molar-refractivity contribution in [3.63, 3.8) is 0 Å². The number of nitrogens with one attached hydrogen (secondary N) is 1. The summed E-state index contributed by atoms with van der Waals surface area (Å²) < 4.78 is 5.42. The largest absolute Gasteiger partial charge is 0.478 e. The maximum atomic E-state index is 5.42. The van der Waals surface area contributed by atoms with Gasteiger partial charge in [-0.2, -0.15) is 4.98 Å². The predicted octanol–water partition coefficient (Wildman–Crippen LogP) is 3.65. The van der Waals surface area contributed by atoms with Gasteiger partial charge in [0.25, 0.3) is 0 Å². The minimum Gasteiger partial charge on any atom is -0.478 e. The first kappa shape index (κ1) is 14.1. The summed E-state index contributed by atoms with van der Waals surface area (Å²) in [6.45, 7) is 4.83. The molecule has 1 fully saturated rings. The Bertz CT molecular complexity index is 377. The highest BCUT2D eigenvalue weighted by atomic mass is 16.5. The quantitative estimate of drug-likeness (QED) is 0.851. The third kappa shape index (κ3) is 4.08. The molecule has 1 heterocycles. The molecule has 0 bridgehead atoms. The second kappa shape index (κ2) is 7.31. The van der Waals surface area contributed by atoms with Crippen LogP contribution in [0.15, 0.2) is 12.3 Å². The number of hydrogen-bond acceptors (Lipinski definition) is 4. The lowest BCUT2D eigenvalue weighted by Gasteiger charge is -2.30. The Balaban J connectivity index is 1.98. The van der Waals surface area contributed by atoms with Crippen molar-refractivity contribution in [1.29, 1.82) is 0 Å². The number of ether oxygens (including phenoxy) is 1. The number of hydrogen-bond donors (Lipinski definition) is 1. The van der Waals surface area contributed by atoms with Crippen LogP contribution in [0.25, 0.3) is 0 Å². The summed E-state index contributed by atoms with van der Waals surface area (Å²) in [5, 5.41) is 3.49. The Kier molecular flexibility index (Phi) is 5.43. The maximum Gasteiger partial charge on any atom is 0.226 e. The van der Waals surface area contributed by atoms with Crippen molar-refractivity contribution in [2.24, 2.45) is 5.92 Å². The summed E-state index contributed by atoms with van der Waals surface area (Å²) in [6.07, 6.45) is 9.66. The van der Waals surface area contributed by atoms with E-state index in [0.29, 0.717) is 24.5 Å². The summed E-state index contributed by atoms with van der Waals surface area (Å²) in [5.74, 6) is 2.11. The Hall–Kier alpha value is -1.32. The van der Waals surface area contributed by atoms with E-state index in [2.05, 4.69) is 22.2 Å². The van der Waals surface area contributed by atoms with Gasteiger partial charge in [0, 0.05) is 18.3 Å². The zero-order valence-corrected chi connectivity index (χ0v) is 12.1. The normalized spacial score (nSPS) is 18.0. The van der Waals surface area contributed by atoms with Crippen LogP contribution in [-0.2, 0) is 0 Å². The van der Waals surface area contributed by atoms with Gasteiger partial charge in [0.05, 0.1) is 6.61 Å². The first-order chi connectivity index (χ1) is 9.33.